The molecule has 0 aliphatic carbocycles. The predicted octanol–water partition coefficient (Wildman–Crippen LogP) is 3.33. The van der Waals surface area contributed by atoms with Crippen LogP contribution in [0, 0.1) is 17.2 Å². The molecule has 1 N–H and O–H groups in total. The molecule has 0 aromatic heterocycles. The summed E-state index contributed by atoms with van der Waals surface area (Å²) in [5.74, 6) is -0.694. The Morgan fingerprint density at radius 1 is 1.20 bits per heavy atom. The Balaban J connectivity index is 2.22. The zero-order valence-electron chi connectivity index (χ0n) is 15.8. The van der Waals surface area contributed by atoms with Gasteiger partial charge in [-0.3, -0.25) is 9.59 Å². The van der Waals surface area contributed by atoms with Crippen LogP contribution in [0.4, 0.5) is 4.39 Å². The number of carbonyl (C=O) groups is 2. The van der Waals surface area contributed by atoms with E-state index in [-0.39, 0.29) is 40.9 Å². The first-order valence-corrected chi connectivity index (χ1v) is 8.90. The smallest absolute Gasteiger partial charge is 0.225 e. The summed E-state index contributed by atoms with van der Waals surface area (Å²) >= 11 is 0. The van der Waals surface area contributed by atoms with Crippen LogP contribution in [0.3, 0.4) is 0 Å². The van der Waals surface area contributed by atoms with Gasteiger partial charge >= 0.3 is 0 Å². The van der Waals surface area contributed by atoms with Crippen LogP contribution in [0.1, 0.15) is 52.5 Å². The molecule has 138 valence electrons. The first-order valence-electron chi connectivity index (χ1n) is 8.90. The van der Waals surface area contributed by atoms with Gasteiger partial charge in [-0.25, -0.2) is 4.39 Å². The number of rotatable bonds is 4. The van der Waals surface area contributed by atoms with Gasteiger partial charge in [0.1, 0.15) is 5.82 Å². The van der Waals surface area contributed by atoms with E-state index < -0.39 is 0 Å². The Bertz CT molecular complexity index is 620. The Kier molecular flexibility index (Phi) is 5.86. The van der Waals surface area contributed by atoms with E-state index in [0.717, 1.165) is 5.56 Å². The van der Waals surface area contributed by atoms with Crippen molar-refractivity contribution >= 4 is 11.8 Å². The molecule has 2 unspecified atom stereocenters. The summed E-state index contributed by atoms with van der Waals surface area (Å²) in [4.78, 5) is 27.0. The van der Waals surface area contributed by atoms with E-state index in [1.807, 2.05) is 34.6 Å². The van der Waals surface area contributed by atoms with Crippen molar-refractivity contribution in [1.82, 2.24) is 10.2 Å². The molecule has 0 bridgehead atoms. The first kappa shape index (κ1) is 19.4. The first-order chi connectivity index (χ1) is 11.6. The summed E-state index contributed by atoms with van der Waals surface area (Å²) in [6.45, 7) is 10.8. The number of benzene rings is 1. The van der Waals surface area contributed by atoms with Crippen molar-refractivity contribution in [3.63, 3.8) is 0 Å². The van der Waals surface area contributed by atoms with E-state index in [2.05, 4.69) is 5.32 Å². The molecule has 2 atom stereocenters. The lowest BCUT2D eigenvalue weighted by Gasteiger charge is -2.23. The second-order valence-electron chi connectivity index (χ2n) is 8.46. The van der Waals surface area contributed by atoms with Gasteiger partial charge in [-0.2, -0.15) is 0 Å². The topological polar surface area (TPSA) is 49.4 Å². The monoisotopic (exact) mass is 348 g/mol. The molecule has 1 aliphatic heterocycles. The average molecular weight is 348 g/mol. The van der Waals surface area contributed by atoms with Gasteiger partial charge in [0.25, 0.3) is 0 Å². The number of carbonyl (C=O) groups excluding carboxylic acids is 2. The molecule has 4 nitrogen and oxygen atoms in total. The quantitative estimate of drug-likeness (QED) is 0.907. The maximum atomic E-state index is 13.2. The third-order valence-corrected chi connectivity index (χ3v) is 4.42. The molecule has 0 spiro atoms. The third kappa shape index (κ3) is 5.28. The van der Waals surface area contributed by atoms with Gasteiger partial charge in [-0.05, 0) is 37.0 Å². The Morgan fingerprint density at radius 2 is 1.80 bits per heavy atom. The van der Waals surface area contributed by atoms with Crippen LogP contribution in [0.15, 0.2) is 24.3 Å². The lowest BCUT2D eigenvalue weighted by molar-refractivity contribution is -0.132. The summed E-state index contributed by atoms with van der Waals surface area (Å²) in [5.41, 5.74) is 0.803. The van der Waals surface area contributed by atoms with Crippen molar-refractivity contribution in [2.75, 3.05) is 13.1 Å². The molecule has 5 heteroatoms. The second-order valence-corrected chi connectivity index (χ2v) is 8.46. The van der Waals surface area contributed by atoms with Gasteiger partial charge in [0.15, 0.2) is 0 Å². The van der Waals surface area contributed by atoms with Crippen LogP contribution < -0.4 is 5.32 Å². The summed E-state index contributed by atoms with van der Waals surface area (Å²) < 4.78 is 13.2. The fourth-order valence-corrected chi connectivity index (χ4v) is 3.28. The minimum absolute atomic E-state index is 0.0423. The molecule has 1 fully saturated rings. The lowest BCUT2D eigenvalue weighted by Crippen LogP contribution is -2.39. The van der Waals surface area contributed by atoms with Gasteiger partial charge in [-0.15, -0.1) is 0 Å². The van der Waals surface area contributed by atoms with Crippen LogP contribution >= 0.6 is 0 Å². The number of amides is 2. The standard InChI is InChI=1S/C20H29FN2O2/c1-13(2)22-19(25)17-12-23(18(24)10-20(3,4)5)11-16(17)14-6-8-15(21)9-7-14/h6-9,13,16-17H,10-12H2,1-5H3,(H,22,25). The number of hydrogen-bond acceptors (Lipinski definition) is 2. The zero-order valence-corrected chi connectivity index (χ0v) is 15.8. The molecule has 25 heavy (non-hydrogen) atoms. The van der Waals surface area contributed by atoms with Crippen molar-refractivity contribution in [2.45, 2.75) is 53.0 Å². The highest BCUT2D eigenvalue weighted by molar-refractivity contribution is 5.83. The number of likely N-dealkylation sites (tertiary alicyclic amines) is 1. The van der Waals surface area contributed by atoms with Gasteiger partial charge in [-0.1, -0.05) is 32.9 Å². The van der Waals surface area contributed by atoms with Crippen molar-refractivity contribution < 1.29 is 14.0 Å². The highest BCUT2D eigenvalue weighted by Gasteiger charge is 2.40. The Labute approximate surface area is 149 Å². The molecule has 1 aliphatic rings. The zero-order chi connectivity index (χ0) is 18.8. The van der Waals surface area contributed by atoms with E-state index in [9.17, 15) is 14.0 Å². The van der Waals surface area contributed by atoms with E-state index in [4.69, 9.17) is 0 Å². The van der Waals surface area contributed by atoms with Gasteiger partial charge in [0.05, 0.1) is 5.92 Å². The fraction of sp³-hybridized carbons (Fsp3) is 0.600. The van der Waals surface area contributed by atoms with Gasteiger partial charge in [0, 0.05) is 31.5 Å². The SMILES string of the molecule is CC(C)NC(=O)C1CN(C(=O)CC(C)(C)C)CC1c1ccc(F)cc1. The molecule has 0 saturated carbocycles. The molecule has 2 rings (SSSR count). The van der Waals surface area contributed by atoms with Crippen LogP contribution in [0.5, 0.6) is 0 Å². The normalized spacial score (nSPS) is 20.8. The van der Waals surface area contributed by atoms with Crippen LogP contribution in [0.25, 0.3) is 0 Å². The highest BCUT2D eigenvalue weighted by Crippen LogP contribution is 2.34. The Hall–Kier alpha value is -1.91. The summed E-state index contributed by atoms with van der Waals surface area (Å²) in [6, 6.07) is 6.29. The highest BCUT2D eigenvalue weighted by atomic mass is 19.1. The average Bonchev–Trinajstić information content (AvgIpc) is 2.91. The van der Waals surface area contributed by atoms with Gasteiger partial charge < -0.3 is 10.2 Å². The van der Waals surface area contributed by atoms with E-state index in [1.165, 1.54) is 12.1 Å². The molecule has 2 amide bonds. The van der Waals surface area contributed by atoms with Crippen LogP contribution in [-0.2, 0) is 9.59 Å². The van der Waals surface area contributed by atoms with Crippen LogP contribution in [0.2, 0.25) is 0 Å². The maximum absolute atomic E-state index is 13.2. The molecule has 1 saturated heterocycles. The van der Waals surface area contributed by atoms with E-state index in [1.54, 1.807) is 17.0 Å². The molecular weight excluding hydrogens is 319 g/mol. The molecular formula is C20H29FN2O2. The number of hydrogen-bond donors (Lipinski definition) is 1. The third-order valence-electron chi connectivity index (χ3n) is 4.42. The van der Waals surface area contributed by atoms with Crippen molar-refractivity contribution in [2.24, 2.45) is 11.3 Å². The van der Waals surface area contributed by atoms with Crippen molar-refractivity contribution in [3.05, 3.63) is 35.6 Å². The maximum Gasteiger partial charge on any atom is 0.225 e. The second kappa shape index (κ2) is 7.54. The molecule has 1 aromatic rings. The number of nitrogens with zero attached hydrogens (tertiary/aromatic N) is 1. The summed E-state index contributed by atoms with van der Waals surface area (Å²) in [6.07, 6.45) is 0.446. The minimum Gasteiger partial charge on any atom is -0.354 e. The van der Waals surface area contributed by atoms with Crippen LogP contribution in [-0.4, -0.2) is 35.8 Å². The lowest BCUT2D eigenvalue weighted by atomic mass is 9.88. The van der Waals surface area contributed by atoms with E-state index >= 15 is 0 Å². The number of halogens is 1. The Morgan fingerprint density at radius 3 is 2.32 bits per heavy atom. The summed E-state index contributed by atoms with van der Waals surface area (Å²) in [7, 11) is 0. The van der Waals surface area contributed by atoms with E-state index in [0.29, 0.717) is 19.5 Å². The predicted molar refractivity (Wildman–Crippen MR) is 96.6 cm³/mol. The minimum atomic E-state index is -0.309. The number of nitrogens with one attached hydrogen (secondary N) is 1. The van der Waals surface area contributed by atoms with Crippen molar-refractivity contribution in [3.8, 4) is 0 Å². The fourth-order valence-electron chi connectivity index (χ4n) is 3.28. The molecule has 1 heterocycles. The van der Waals surface area contributed by atoms with Crippen molar-refractivity contribution in [1.29, 1.82) is 0 Å². The molecule has 0 radical (unpaired) electrons. The molecule has 1 aromatic carbocycles. The van der Waals surface area contributed by atoms with Gasteiger partial charge in [0.2, 0.25) is 11.8 Å². The largest absolute Gasteiger partial charge is 0.354 e. The summed E-state index contributed by atoms with van der Waals surface area (Å²) in [5, 5.41) is 2.95.